The Labute approximate surface area is 183 Å². The Kier molecular flexibility index (Phi) is 8.10. The van der Waals surface area contributed by atoms with E-state index in [1.807, 2.05) is 0 Å². The SMILES string of the molecule is O=C(NCc1ccc(Cl)cc1OC(F)(F)F)N1CC2(CCNCC2)C1.O=C(O)C(F)(F)F. The van der Waals surface area contributed by atoms with Crippen LogP contribution in [0, 0.1) is 5.41 Å². The van der Waals surface area contributed by atoms with Crippen molar-refractivity contribution in [1.29, 1.82) is 0 Å². The van der Waals surface area contributed by atoms with Crippen LogP contribution < -0.4 is 15.4 Å². The van der Waals surface area contributed by atoms with E-state index in [0.717, 1.165) is 32.0 Å². The Morgan fingerprint density at radius 2 is 1.72 bits per heavy atom. The second-order valence-corrected chi connectivity index (χ2v) is 7.80. The molecular weight excluding hydrogens is 472 g/mol. The normalized spacial score (nSPS) is 17.7. The van der Waals surface area contributed by atoms with Crippen molar-refractivity contribution in [2.45, 2.75) is 31.9 Å². The van der Waals surface area contributed by atoms with Gasteiger partial charge in [0.25, 0.3) is 0 Å². The summed E-state index contributed by atoms with van der Waals surface area (Å²) < 4.78 is 73.2. The van der Waals surface area contributed by atoms with Crippen molar-refractivity contribution in [2.24, 2.45) is 5.41 Å². The maximum absolute atomic E-state index is 12.5. The molecule has 2 aliphatic rings. The van der Waals surface area contributed by atoms with Gasteiger partial charge in [-0.05, 0) is 38.1 Å². The molecule has 2 fully saturated rings. The van der Waals surface area contributed by atoms with Crippen LogP contribution in [0.3, 0.4) is 0 Å². The van der Waals surface area contributed by atoms with Crippen LogP contribution in [-0.4, -0.2) is 60.7 Å². The number of alkyl halides is 6. The van der Waals surface area contributed by atoms with Crippen molar-refractivity contribution in [3.05, 3.63) is 28.8 Å². The van der Waals surface area contributed by atoms with E-state index in [2.05, 4.69) is 15.4 Å². The number of piperidine rings is 1. The fourth-order valence-corrected chi connectivity index (χ4v) is 3.52. The summed E-state index contributed by atoms with van der Waals surface area (Å²) >= 11 is 5.72. The minimum absolute atomic E-state index is 0.0630. The van der Waals surface area contributed by atoms with Crippen LogP contribution in [0.15, 0.2) is 18.2 Å². The van der Waals surface area contributed by atoms with Gasteiger partial charge in [-0.15, -0.1) is 13.2 Å². The first-order chi connectivity index (χ1) is 14.7. The molecule has 3 N–H and O–H groups in total. The topological polar surface area (TPSA) is 90.9 Å². The van der Waals surface area contributed by atoms with E-state index < -0.39 is 24.3 Å². The number of carboxylic acids is 1. The molecule has 0 aliphatic carbocycles. The van der Waals surface area contributed by atoms with Gasteiger partial charge in [0.1, 0.15) is 5.75 Å². The molecule has 1 spiro atoms. The molecule has 2 aliphatic heterocycles. The lowest BCUT2D eigenvalue weighted by Crippen LogP contribution is -2.63. The second kappa shape index (κ2) is 10.0. The number of nitrogens with zero attached hydrogens (tertiary/aromatic N) is 1. The number of benzene rings is 1. The summed E-state index contributed by atoms with van der Waals surface area (Å²) in [5.41, 5.74) is 0.417. The Morgan fingerprint density at radius 3 is 2.22 bits per heavy atom. The lowest BCUT2D eigenvalue weighted by molar-refractivity contribution is -0.274. The van der Waals surface area contributed by atoms with Crippen LogP contribution in [0.5, 0.6) is 5.75 Å². The average molecular weight is 492 g/mol. The van der Waals surface area contributed by atoms with E-state index in [4.69, 9.17) is 21.5 Å². The zero-order valence-electron chi connectivity index (χ0n) is 16.4. The van der Waals surface area contributed by atoms with Gasteiger partial charge < -0.3 is 25.4 Å². The van der Waals surface area contributed by atoms with Crippen molar-refractivity contribution in [3.63, 3.8) is 0 Å². The monoisotopic (exact) mass is 491 g/mol. The third-order valence-electron chi connectivity index (χ3n) is 4.93. The fraction of sp³-hybridized carbons (Fsp3) is 0.556. The number of urea groups is 1. The smallest absolute Gasteiger partial charge is 0.475 e. The molecule has 1 aromatic rings. The molecule has 180 valence electrons. The first kappa shape index (κ1) is 25.8. The van der Waals surface area contributed by atoms with Gasteiger partial charge in [-0.3, -0.25) is 0 Å². The Morgan fingerprint density at radius 1 is 1.16 bits per heavy atom. The van der Waals surface area contributed by atoms with Crippen molar-refractivity contribution >= 4 is 23.6 Å². The molecule has 32 heavy (non-hydrogen) atoms. The van der Waals surface area contributed by atoms with Crippen molar-refractivity contribution < 1.29 is 45.8 Å². The van der Waals surface area contributed by atoms with Gasteiger partial charge in [0.05, 0.1) is 0 Å². The van der Waals surface area contributed by atoms with E-state index in [1.54, 1.807) is 4.90 Å². The highest BCUT2D eigenvalue weighted by Crippen LogP contribution is 2.38. The molecule has 0 unspecified atom stereocenters. The van der Waals surface area contributed by atoms with E-state index in [1.165, 1.54) is 12.1 Å². The number of hydrogen-bond acceptors (Lipinski definition) is 4. The zero-order valence-corrected chi connectivity index (χ0v) is 17.2. The zero-order chi connectivity index (χ0) is 24.2. The van der Waals surface area contributed by atoms with Crippen LogP contribution in [-0.2, 0) is 11.3 Å². The molecule has 0 bridgehead atoms. The van der Waals surface area contributed by atoms with Crippen LogP contribution in [0.1, 0.15) is 18.4 Å². The molecule has 0 aromatic heterocycles. The number of aliphatic carboxylic acids is 1. The van der Waals surface area contributed by atoms with Crippen molar-refractivity contribution in [2.75, 3.05) is 26.2 Å². The summed E-state index contributed by atoms with van der Waals surface area (Å²) in [5.74, 6) is -3.16. The highest BCUT2D eigenvalue weighted by Gasteiger charge is 2.45. The number of nitrogens with one attached hydrogen (secondary N) is 2. The predicted octanol–water partition coefficient (Wildman–Crippen LogP) is 3.77. The number of ether oxygens (including phenoxy) is 1. The summed E-state index contributed by atoms with van der Waals surface area (Å²) in [6, 6.07) is 3.68. The molecule has 0 radical (unpaired) electrons. The number of halogens is 7. The van der Waals surface area contributed by atoms with Crippen LogP contribution in [0.2, 0.25) is 5.02 Å². The Balaban J connectivity index is 0.000000451. The molecule has 7 nitrogen and oxygen atoms in total. The molecule has 2 amide bonds. The molecule has 14 heteroatoms. The molecule has 0 atom stereocenters. The number of hydrogen-bond donors (Lipinski definition) is 3. The van der Waals surface area contributed by atoms with Crippen LogP contribution >= 0.6 is 11.6 Å². The average Bonchev–Trinajstić information content (AvgIpc) is 2.64. The van der Waals surface area contributed by atoms with E-state index >= 15 is 0 Å². The van der Waals surface area contributed by atoms with E-state index in [0.29, 0.717) is 13.1 Å². The standard InChI is InChI=1S/C16H19ClF3N3O2.C2HF3O2/c17-12-2-1-11(13(7-12)25-16(18,19)20)8-22-14(24)23-9-15(10-23)3-5-21-6-4-15;3-2(4,5)1(6)7/h1-2,7,21H,3-6,8-10H2,(H,22,24);(H,6,7). The molecule has 0 saturated carbocycles. The van der Waals surface area contributed by atoms with E-state index in [9.17, 15) is 31.1 Å². The van der Waals surface area contributed by atoms with Gasteiger partial charge in [0.15, 0.2) is 0 Å². The fourth-order valence-electron chi connectivity index (χ4n) is 3.36. The Bertz CT molecular complexity index is 820. The van der Waals surface area contributed by atoms with Gasteiger partial charge in [-0.2, -0.15) is 13.2 Å². The highest BCUT2D eigenvalue weighted by molar-refractivity contribution is 6.30. The largest absolute Gasteiger partial charge is 0.573 e. The van der Waals surface area contributed by atoms with Crippen LogP contribution in [0.4, 0.5) is 31.1 Å². The summed E-state index contributed by atoms with van der Waals surface area (Å²) in [7, 11) is 0. The summed E-state index contributed by atoms with van der Waals surface area (Å²) in [6.45, 7) is 3.23. The first-order valence-electron chi connectivity index (χ1n) is 9.29. The van der Waals surface area contributed by atoms with E-state index in [-0.39, 0.29) is 28.6 Å². The quantitative estimate of drug-likeness (QED) is 0.560. The van der Waals surface area contributed by atoms with Crippen LogP contribution in [0.25, 0.3) is 0 Å². The minimum atomic E-state index is -5.08. The summed E-state index contributed by atoms with van der Waals surface area (Å²) in [4.78, 5) is 22.8. The number of rotatable bonds is 3. The van der Waals surface area contributed by atoms with Gasteiger partial charge in [0.2, 0.25) is 0 Å². The number of carbonyl (C=O) groups is 2. The van der Waals surface area contributed by atoms with Gasteiger partial charge in [-0.1, -0.05) is 17.7 Å². The number of amides is 2. The molecule has 2 heterocycles. The Hall–Kier alpha value is -2.41. The second-order valence-electron chi connectivity index (χ2n) is 7.37. The first-order valence-corrected chi connectivity index (χ1v) is 9.66. The van der Waals surface area contributed by atoms with Gasteiger partial charge >= 0.3 is 24.5 Å². The maximum atomic E-state index is 12.5. The minimum Gasteiger partial charge on any atom is -0.475 e. The summed E-state index contributed by atoms with van der Waals surface area (Å²) in [5, 5.41) is 13.2. The van der Waals surface area contributed by atoms with Crippen molar-refractivity contribution in [3.8, 4) is 5.75 Å². The molecule has 1 aromatic carbocycles. The molecular formula is C18H20ClF6N3O4. The summed E-state index contributed by atoms with van der Waals surface area (Å²) in [6.07, 6.45) is -7.82. The number of likely N-dealkylation sites (tertiary alicyclic amines) is 1. The predicted molar refractivity (Wildman–Crippen MR) is 100 cm³/mol. The van der Waals surface area contributed by atoms with Crippen molar-refractivity contribution in [1.82, 2.24) is 15.5 Å². The number of carbonyl (C=O) groups excluding carboxylic acids is 1. The van der Waals surface area contributed by atoms with Gasteiger partial charge in [0, 0.05) is 35.6 Å². The number of carboxylic acid groups (broad SMARTS) is 1. The lowest BCUT2D eigenvalue weighted by atomic mass is 9.72. The third kappa shape index (κ3) is 7.62. The molecule has 2 saturated heterocycles. The molecule has 3 rings (SSSR count). The maximum Gasteiger partial charge on any atom is 0.573 e. The lowest BCUT2D eigenvalue weighted by Gasteiger charge is -2.52. The highest BCUT2D eigenvalue weighted by atomic mass is 35.5. The van der Waals surface area contributed by atoms with Gasteiger partial charge in [-0.25, -0.2) is 9.59 Å². The third-order valence-corrected chi connectivity index (χ3v) is 5.17.